The molecule has 31 heavy (non-hydrogen) atoms. The molecule has 2 atom stereocenters. The van der Waals surface area contributed by atoms with Gasteiger partial charge < -0.3 is 15.3 Å². The zero-order valence-electron chi connectivity index (χ0n) is 17.1. The Balaban J connectivity index is 0.00000341. The lowest BCUT2D eigenvalue weighted by Crippen LogP contribution is -2.41. The molecular weight excluding hydrogens is 461 g/mol. The zero-order chi connectivity index (χ0) is 21.7. The maximum atomic E-state index is 13.0. The van der Waals surface area contributed by atoms with Gasteiger partial charge in [0.25, 0.3) is 0 Å². The molecule has 6 nitrogen and oxygen atoms in total. The van der Waals surface area contributed by atoms with E-state index in [-0.39, 0.29) is 36.8 Å². The van der Waals surface area contributed by atoms with Gasteiger partial charge in [0.05, 0.1) is 22.5 Å². The fourth-order valence-corrected chi connectivity index (χ4v) is 4.11. The molecule has 9 heteroatoms. The highest BCUT2D eigenvalue weighted by molar-refractivity contribution is 6.42. The van der Waals surface area contributed by atoms with E-state index in [0.29, 0.717) is 23.1 Å². The highest BCUT2D eigenvalue weighted by Crippen LogP contribution is 2.26. The van der Waals surface area contributed by atoms with Crippen molar-refractivity contribution in [2.24, 2.45) is 0 Å². The molecule has 1 aliphatic rings. The van der Waals surface area contributed by atoms with E-state index in [4.69, 9.17) is 28.3 Å². The molecule has 0 aromatic heterocycles. The lowest BCUT2D eigenvalue weighted by Gasteiger charge is -2.32. The summed E-state index contributed by atoms with van der Waals surface area (Å²) in [5.74, 6) is -0.0262. The van der Waals surface area contributed by atoms with Crippen molar-refractivity contribution in [2.45, 2.75) is 24.9 Å². The summed E-state index contributed by atoms with van der Waals surface area (Å²) in [5, 5.41) is 12.4. The molecule has 1 aliphatic heterocycles. The number of rotatable bonds is 7. The minimum absolute atomic E-state index is 0. The van der Waals surface area contributed by atoms with Crippen molar-refractivity contribution in [1.82, 2.24) is 15.1 Å². The fourth-order valence-electron chi connectivity index (χ4n) is 3.78. The summed E-state index contributed by atoms with van der Waals surface area (Å²) in [6, 6.07) is 14.9. The summed E-state index contributed by atoms with van der Waals surface area (Å²) >= 11 is 12.1. The number of likely N-dealkylation sites (N-methyl/N-ethyl adjacent to an activating group) is 1. The SMILES string of the molecule is CN(C(=O)Cc1ccc(Cl)c(Cl)c1)[C@H](CN1CCC(NC(=O)O)C1)c1ccccc1.Cl. The average molecular weight is 487 g/mol. The van der Waals surface area contributed by atoms with Crippen LogP contribution >= 0.6 is 35.6 Å². The van der Waals surface area contributed by atoms with E-state index in [0.717, 1.165) is 24.1 Å². The van der Waals surface area contributed by atoms with Crippen molar-refractivity contribution in [3.05, 3.63) is 69.7 Å². The van der Waals surface area contributed by atoms with E-state index >= 15 is 0 Å². The number of halogens is 3. The first-order valence-electron chi connectivity index (χ1n) is 9.80. The zero-order valence-corrected chi connectivity index (χ0v) is 19.5. The third-order valence-electron chi connectivity index (χ3n) is 5.42. The topological polar surface area (TPSA) is 72.9 Å². The molecule has 2 amide bonds. The van der Waals surface area contributed by atoms with Crippen molar-refractivity contribution in [3.8, 4) is 0 Å². The molecule has 1 unspecified atom stereocenters. The van der Waals surface area contributed by atoms with E-state index in [1.54, 1.807) is 30.1 Å². The van der Waals surface area contributed by atoms with Gasteiger partial charge in [-0.3, -0.25) is 9.69 Å². The Bertz CT molecular complexity index is 898. The molecule has 0 spiro atoms. The molecule has 2 aromatic rings. The van der Waals surface area contributed by atoms with Crippen LogP contribution in [0.15, 0.2) is 48.5 Å². The summed E-state index contributed by atoms with van der Waals surface area (Å²) in [6.45, 7) is 2.04. The molecule has 2 aromatic carbocycles. The largest absolute Gasteiger partial charge is 0.465 e. The molecule has 3 rings (SSSR count). The van der Waals surface area contributed by atoms with Crippen molar-refractivity contribution in [3.63, 3.8) is 0 Å². The Hall–Kier alpha value is -1.99. The second-order valence-corrected chi connectivity index (χ2v) is 8.37. The van der Waals surface area contributed by atoms with Crippen LogP contribution in [0.25, 0.3) is 0 Å². The van der Waals surface area contributed by atoms with Crippen LogP contribution in [0, 0.1) is 0 Å². The van der Waals surface area contributed by atoms with Crippen molar-refractivity contribution in [2.75, 3.05) is 26.7 Å². The molecule has 0 bridgehead atoms. The predicted octanol–water partition coefficient (Wildman–Crippen LogP) is 4.50. The number of carbonyl (C=O) groups excluding carboxylic acids is 1. The third kappa shape index (κ3) is 7.01. The van der Waals surface area contributed by atoms with Crippen molar-refractivity contribution < 1.29 is 14.7 Å². The number of carboxylic acid groups (broad SMARTS) is 1. The van der Waals surface area contributed by atoms with Crippen LogP contribution in [0.3, 0.4) is 0 Å². The Labute approximate surface area is 198 Å². The highest BCUT2D eigenvalue weighted by Gasteiger charge is 2.29. The predicted molar refractivity (Wildman–Crippen MR) is 125 cm³/mol. The van der Waals surface area contributed by atoms with E-state index in [1.165, 1.54) is 0 Å². The minimum atomic E-state index is -1.00. The van der Waals surface area contributed by atoms with Crippen LogP contribution in [0.1, 0.15) is 23.6 Å². The Morgan fingerprint density at radius 3 is 2.55 bits per heavy atom. The van der Waals surface area contributed by atoms with Gasteiger partial charge >= 0.3 is 6.09 Å². The summed E-state index contributed by atoms with van der Waals surface area (Å²) in [4.78, 5) is 27.9. The minimum Gasteiger partial charge on any atom is -0.465 e. The van der Waals surface area contributed by atoms with Gasteiger partial charge in [0.2, 0.25) is 5.91 Å². The van der Waals surface area contributed by atoms with Crippen LogP contribution < -0.4 is 5.32 Å². The van der Waals surface area contributed by atoms with E-state index in [2.05, 4.69) is 10.2 Å². The second kappa shape index (κ2) is 11.6. The lowest BCUT2D eigenvalue weighted by molar-refractivity contribution is -0.131. The standard InChI is InChI=1S/C22H25Cl2N3O3.ClH/c1-26(21(28)12-15-7-8-18(23)19(24)11-15)20(16-5-3-2-4-6-16)14-27-10-9-17(13-27)25-22(29)30;/h2-8,11,17,20,25H,9-10,12-14H2,1H3,(H,29,30);1H/t17?,20-;/m1./s1. The van der Waals surface area contributed by atoms with Crippen LogP contribution in [0.2, 0.25) is 10.0 Å². The number of hydrogen-bond donors (Lipinski definition) is 2. The number of carbonyl (C=O) groups is 2. The van der Waals surface area contributed by atoms with Gasteiger partial charge in [-0.2, -0.15) is 0 Å². The summed E-state index contributed by atoms with van der Waals surface area (Å²) in [7, 11) is 1.81. The van der Waals surface area contributed by atoms with Crippen molar-refractivity contribution in [1.29, 1.82) is 0 Å². The monoisotopic (exact) mass is 485 g/mol. The summed E-state index contributed by atoms with van der Waals surface area (Å²) in [6.07, 6.45) is -0.0235. The number of nitrogens with zero attached hydrogens (tertiary/aromatic N) is 2. The molecule has 1 heterocycles. The summed E-state index contributed by atoms with van der Waals surface area (Å²) < 4.78 is 0. The molecule has 0 aliphatic carbocycles. The molecule has 0 saturated carbocycles. The van der Waals surface area contributed by atoms with E-state index in [9.17, 15) is 9.59 Å². The van der Waals surface area contributed by atoms with Crippen LogP contribution in [0.4, 0.5) is 4.79 Å². The normalized spacial score (nSPS) is 16.9. The van der Waals surface area contributed by atoms with Gasteiger partial charge in [-0.1, -0.05) is 59.6 Å². The quantitative estimate of drug-likeness (QED) is 0.604. The fraction of sp³-hybridized carbons (Fsp3) is 0.364. The van der Waals surface area contributed by atoms with Gasteiger partial charge in [-0.15, -0.1) is 12.4 Å². The van der Waals surface area contributed by atoms with E-state index < -0.39 is 6.09 Å². The van der Waals surface area contributed by atoms with Crippen LogP contribution in [-0.4, -0.2) is 59.6 Å². The first-order chi connectivity index (χ1) is 14.3. The third-order valence-corrected chi connectivity index (χ3v) is 6.15. The van der Waals surface area contributed by atoms with Gasteiger partial charge in [-0.25, -0.2) is 4.79 Å². The first kappa shape index (κ1) is 25.3. The average Bonchev–Trinajstić information content (AvgIpc) is 3.15. The number of likely N-dealkylation sites (tertiary alicyclic amines) is 1. The van der Waals surface area contributed by atoms with Crippen LogP contribution in [0.5, 0.6) is 0 Å². The maximum absolute atomic E-state index is 13.0. The first-order valence-corrected chi connectivity index (χ1v) is 10.6. The molecule has 0 radical (unpaired) electrons. The van der Waals surface area contributed by atoms with Gasteiger partial charge in [0.15, 0.2) is 0 Å². The van der Waals surface area contributed by atoms with E-state index in [1.807, 2.05) is 30.3 Å². The molecule has 1 fully saturated rings. The molecule has 2 N–H and O–H groups in total. The van der Waals surface area contributed by atoms with Gasteiger partial charge in [-0.05, 0) is 29.7 Å². The number of hydrogen-bond acceptors (Lipinski definition) is 3. The maximum Gasteiger partial charge on any atom is 0.404 e. The molecule has 168 valence electrons. The Kier molecular flexibility index (Phi) is 9.44. The molecule has 1 saturated heterocycles. The van der Waals surface area contributed by atoms with Crippen molar-refractivity contribution >= 4 is 47.6 Å². The Morgan fingerprint density at radius 2 is 1.90 bits per heavy atom. The lowest BCUT2D eigenvalue weighted by atomic mass is 10.0. The van der Waals surface area contributed by atoms with Gasteiger partial charge in [0, 0.05) is 32.7 Å². The molecular formula is C22H26Cl3N3O3. The summed E-state index contributed by atoms with van der Waals surface area (Å²) in [5.41, 5.74) is 1.84. The van der Waals surface area contributed by atoms with Gasteiger partial charge in [0.1, 0.15) is 0 Å². The Morgan fingerprint density at radius 1 is 1.19 bits per heavy atom. The smallest absolute Gasteiger partial charge is 0.404 e. The number of amides is 2. The number of nitrogens with one attached hydrogen (secondary N) is 1. The second-order valence-electron chi connectivity index (χ2n) is 7.55. The van der Waals surface area contributed by atoms with Crippen LogP contribution in [-0.2, 0) is 11.2 Å². The number of benzene rings is 2. The highest BCUT2D eigenvalue weighted by atomic mass is 35.5.